The van der Waals surface area contributed by atoms with Crippen LogP contribution in [-0.2, 0) is 6.54 Å². The molecule has 2 N–H and O–H groups in total. The highest BCUT2D eigenvalue weighted by atomic mass is 15.2. The largest absolute Gasteiger partial charge is 0.326 e. The number of hydrogen-bond acceptors (Lipinski definition) is 3. The van der Waals surface area contributed by atoms with Gasteiger partial charge in [-0.2, -0.15) is 0 Å². The molecule has 3 aromatic rings. The molecular weight excluding hydrogens is 296 g/mol. The van der Waals surface area contributed by atoms with E-state index in [9.17, 15) is 0 Å². The van der Waals surface area contributed by atoms with Crippen LogP contribution in [0.3, 0.4) is 0 Å². The van der Waals surface area contributed by atoms with E-state index in [1.54, 1.807) is 6.20 Å². The van der Waals surface area contributed by atoms with Crippen molar-refractivity contribution in [1.82, 2.24) is 14.5 Å². The molecule has 2 atom stereocenters. The molecule has 122 valence electrons. The Hall–Kier alpha value is -2.43. The molecule has 1 aliphatic heterocycles. The van der Waals surface area contributed by atoms with Crippen molar-refractivity contribution < 1.29 is 0 Å². The first-order chi connectivity index (χ1) is 11.8. The minimum atomic E-state index is 0.206. The zero-order valence-electron chi connectivity index (χ0n) is 13.6. The van der Waals surface area contributed by atoms with E-state index in [1.165, 1.54) is 11.1 Å². The lowest BCUT2D eigenvalue weighted by molar-refractivity contribution is 0.324. The topological polar surface area (TPSA) is 47.1 Å². The highest BCUT2D eigenvalue weighted by molar-refractivity contribution is 5.34. The van der Waals surface area contributed by atoms with Gasteiger partial charge in [0.25, 0.3) is 0 Å². The predicted octanol–water partition coefficient (Wildman–Crippen LogP) is 2.80. The van der Waals surface area contributed by atoms with Crippen molar-refractivity contribution in [3.8, 4) is 5.69 Å². The molecular formula is C20H22N4. The molecule has 4 heteroatoms. The molecule has 1 saturated heterocycles. The van der Waals surface area contributed by atoms with Gasteiger partial charge < -0.3 is 10.3 Å². The van der Waals surface area contributed by atoms with E-state index in [0.717, 1.165) is 25.3 Å². The van der Waals surface area contributed by atoms with Crippen molar-refractivity contribution in [1.29, 1.82) is 0 Å². The Morgan fingerprint density at radius 2 is 1.79 bits per heavy atom. The summed E-state index contributed by atoms with van der Waals surface area (Å²) >= 11 is 0. The number of likely N-dealkylation sites (tertiary alicyclic amines) is 1. The number of imidazole rings is 1. The van der Waals surface area contributed by atoms with E-state index in [4.69, 9.17) is 5.73 Å². The third-order valence-electron chi connectivity index (χ3n) is 4.81. The molecule has 4 nitrogen and oxygen atoms in total. The van der Waals surface area contributed by atoms with Gasteiger partial charge in [0.2, 0.25) is 0 Å². The van der Waals surface area contributed by atoms with Crippen LogP contribution in [0, 0.1) is 0 Å². The van der Waals surface area contributed by atoms with Crippen LogP contribution < -0.4 is 5.73 Å². The SMILES string of the molecule is N[C@@H]1CN(Cc2ccc(-n3ccnc3)cc2)C[C@H]1c1ccccc1. The molecule has 1 aliphatic rings. The van der Waals surface area contributed by atoms with Gasteiger partial charge in [-0.3, -0.25) is 4.90 Å². The fourth-order valence-electron chi connectivity index (χ4n) is 3.54. The molecule has 4 rings (SSSR count). The van der Waals surface area contributed by atoms with Crippen molar-refractivity contribution in [2.24, 2.45) is 5.73 Å². The third-order valence-corrected chi connectivity index (χ3v) is 4.81. The Balaban J connectivity index is 1.43. The van der Waals surface area contributed by atoms with Gasteiger partial charge in [0.15, 0.2) is 0 Å². The normalized spacial score (nSPS) is 21.2. The molecule has 0 aliphatic carbocycles. The molecule has 0 bridgehead atoms. The molecule has 0 unspecified atom stereocenters. The lowest BCUT2D eigenvalue weighted by atomic mass is 9.95. The number of benzene rings is 2. The van der Waals surface area contributed by atoms with Crippen LogP contribution in [-0.4, -0.2) is 33.6 Å². The maximum absolute atomic E-state index is 6.39. The van der Waals surface area contributed by atoms with Gasteiger partial charge in [-0.15, -0.1) is 0 Å². The van der Waals surface area contributed by atoms with Gasteiger partial charge in [-0.25, -0.2) is 4.98 Å². The van der Waals surface area contributed by atoms with E-state index in [-0.39, 0.29) is 6.04 Å². The second-order valence-electron chi connectivity index (χ2n) is 6.51. The lowest BCUT2D eigenvalue weighted by Gasteiger charge is -2.16. The zero-order chi connectivity index (χ0) is 16.4. The fraction of sp³-hybridized carbons (Fsp3) is 0.250. The third kappa shape index (κ3) is 3.11. The lowest BCUT2D eigenvalue weighted by Crippen LogP contribution is -2.28. The first kappa shape index (κ1) is 15.1. The average molecular weight is 318 g/mol. The monoisotopic (exact) mass is 318 g/mol. The summed E-state index contributed by atoms with van der Waals surface area (Å²) in [6.45, 7) is 2.92. The maximum Gasteiger partial charge on any atom is 0.0991 e. The molecule has 1 fully saturated rings. The van der Waals surface area contributed by atoms with Gasteiger partial charge in [0.05, 0.1) is 6.33 Å². The first-order valence-electron chi connectivity index (χ1n) is 8.40. The Kier molecular flexibility index (Phi) is 4.15. The highest BCUT2D eigenvalue weighted by Crippen LogP contribution is 2.27. The van der Waals surface area contributed by atoms with E-state index >= 15 is 0 Å². The van der Waals surface area contributed by atoms with Crippen LogP contribution in [0.2, 0.25) is 0 Å². The quantitative estimate of drug-likeness (QED) is 0.804. The second kappa shape index (κ2) is 6.59. The van der Waals surface area contributed by atoms with E-state index in [2.05, 4.69) is 64.5 Å². The highest BCUT2D eigenvalue weighted by Gasteiger charge is 2.30. The number of rotatable bonds is 4. The predicted molar refractivity (Wildman–Crippen MR) is 96.0 cm³/mol. The summed E-state index contributed by atoms with van der Waals surface area (Å²) in [5, 5.41) is 0. The van der Waals surface area contributed by atoms with Crippen LogP contribution in [0.1, 0.15) is 17.0 Å². The van der Waals surface area contributed by atoms with E-state index in [0.29, 0.717) is 5.92 Å². The van der Waals surface area contributed by atoms with Crippen LogP contribution in [0.25, 0.3) is 5.69 Å². The van der Waals surface area contributed by atoms with Crippen molar-refractivity contribution in [3.63, 3.8) is 0 Å². The second-order valence-corrected chi connectivity index (χ2v) is 6.51. The molecule has 24 heavy (non-hydrogen) atoms. The van der Waals surface area contributed by atoms with Crippen LogP contribution >= 0.6 is 0 Å². The van der Waals surface area contributed by atoms with Crippen molar-refractivity contribution >= 4 is 0 Å². The Bertz CT molecular complexity index is 765. The summed E-state index contributed by atoms with van der Waals surface area (Å²) in [6.07, 6.45) is 5.57. The molecule has 0 spiro atoms. The van der Waals surface area contributed by atoms with Gasteiger partial charge in [0.1, 0.15) is 0 Å². The van der Waals surface area contributed by atoms with Crippen molar-refractivity contribution in [3.05, 3.63) is 84.4 Å². The van der Waals surface area contributed by atoms with Gasteiger partial charge in [-0.05, 0) is 23.3 Å². The van der Waals surface area contributed by atoms with Gasteiger partial charge in [-0.1, -0.05) is 42.5 Å². The van der Waals surface area contributed by atoms with E-state index < -0.39 is 0 Å². The van der Waals surface area contributed by atoms with Gasteiger partial charge >= 0.3 is 0 Å². The molecule has 0 radical (unpaired) electrons. The smallest absolute Gasteiger partial charge is 0.0991 e. The van der Waals surface area contributed by atoms with Crippen LogP contribution in [0.15, 0.2) is 73.3 Å². The molecule has 2 aromatic carbocycles. The Labute approximate surface area is 142 Å². The van der Waals surface area contributed by atoms with Crippen LogP contribution in [0.5, 0.6) is 0 Å². The van der Waals surface area contributed by atoms with E-state index in [1.807, 2.05) is 17.1 Å². The number of aromatic nitrogens is 2. The number of nitrogens with two attached hydrogens (primary N) is 1. The Morgan fingerprint density at radius 3 is 2.50 bits per heavy atom. The standard InChI is InChI=1S/C20H22N4/c21-20-14-23(13-19(20)17-4-2-1-3-5-17)12-16-6-8-18(9-7-16)24-11-10-22-15-24/h1-11,15,19-20H,12-14,21H2/t19-,20+/m0/s1. The summed E-state index contributed by atoms with van der Waals surface area (Å²) in [5.74, 6) is 0.427. The average Bonchev–Trinajstić information content (AvgIpc) is 3.26. The zero-order valence-corrected chi connectivity index (χ0v) is 13.6. The van der Waals surface area contributed by atoms with Crippen LogP contribution in [0.4, 0.5) is 0 Å². The Morgan fingerprint density at radius 1 is 1.00 bits per heavy atom. The molecule has 2 heterocycles. The van der Waals surface area contributed by atoms with Gasteiger partial charge in [0, 0.05) is 49.7 Å². The summed E-state index contributed by atoms with van der Waals surface area (Å²) in [7, 11) is 0. The maximum atomic E-state index is 6.39. The van der Waals surface area contributed by atoms with Crippen molar-refractivity contribution in [2.75, 3.05) is 13.1 Å². The number of nitrogens with zero attached hydrogens (tertiary/aromatic N) is 3. The summed E-state index contributed by atoms with van der Waals surface area (Å²) in [4.78, 5) is 6.54. The molecule has 1 aromatic heterocycles. The summed E-state index contributed by atoms with van der Waals surface area (Å²) < 4.78 is 2.01. The molecule has 0 amide bonds. The first-order valence-corrected chi connectivity index (χ1v) is 8.40. The summed E-state index contributed by atoms with van der Waals surface area (Å²) in [5.41, 5.74) is 10.2. The minimum Gasteiger partial charge on any atom is -0.326 e. The summed E-state index contributed by atoms with van der Waals surface area (Å²) in [6, 6.07) is 19.5. The minimum absolute atomic E-state index is 0.206. The molecule has 0 saturated carbocycles. The number of hydrogen-bond donors (Lipinski definition) is 1. The fourth-order valence-corrected chi connectivity index (χ4v) is 3.54. The van der Waals surface area contributed by atoms with Crippen molar-refractivity contribution in [2.45, 2.75) is 18.5 Å².